The zero-order chi connectivity index (χ0) is 22.2. The van der Waals surface area contributed by atoms with Gasteiger partial charge in [0, 0.05) is 28.7 Å². The van der Waals surface area contributed by atoms with E-state index in [9.17, 15) is 9.59 Å². The third-order valence-electron chi connectivity index (χ3n) is 5.56. The Bertz CT molecular complexity index is 925. The molecule has 0 saturated heterocycles. The van der Waals surface area contributed by atoms with E-state index in [1.54, 1.807) is 6.21 Å². The molecule has 3 rings (SSSR count). The number of aryl methyl sites for hydroxylation is 1. The molecule has 0 aliphatic heterocycles. The molecular weight excluding hydrogens is 392 g/mol. The molecule has 1 saturated carbocycles. The van der Waals surface area contributed by atoms with E-state index in [0.717, 1.165) is 54.1 Å². The quantitative estimate of drug-likeness (QED) is 0.384. The Kier molecular flexibility index (Phi) is 7.87. The van der Waals surface area contributed by atoms with Gasteiger partial charge < -0.3 is 14.6 Å². The Morgan fingerprint density at radius 3 is 2.52 bits per heavy atom. The second kappa shape index (κ2) is 10.8. The van der Waals surface area contributed by atoms with E-state index in [1.165, 1.54) is 6.42 Å². The number of aromatic nitrogens is 1. The van der Waals surface area contributed by atoms with E-state index in [-0.39, 0.29) is 18.4 Å². The van der Waals surface area contributed by atoms with E-state index in [2.05, 4.69) is 20.4 Å². The fraction of sp³-hybridized carbons (Fsp3) is 0.458. The van der Waals surface area contributed by atoms with Crippen LogP contribution in [0.1, 0.15) is 62.4 Å². The highest BCUT2D eigenvalue weighted by Gasteiger charge is 2.17. The average Bonchev–Trinajstić information content (AvgIpc) is 3.03. The number of nitrogens with one attached hydrogen (secondary N) is 2. The van der Waals surface area contributed by atoms with Crippen molar-refractivity contribution in [1.29, 1.82) is 0 Å². The molecule has 0 spiro atoms. The van der Waals surface area contributed by atoms with Crippen LogP contribution in [-0.4, -0.2) is 35.2 Å². The Labute approximate surface area is 183 Å². The molecule has 2 aromatic rings. The van der Waals surface area contributed by atoms with Gasteiger partial charge >= 0.3 is 0 Å². The van der Waals surface area contributed by atoms with Gasteiger partial charge in [-0.1, -0.05) is 19.3 Å². The minimum absolute atomic E-state index is 0.200. The van der Waals surface area contributed by atoms with E-state index >= 15 is 0 Å². The molecule has 166 valence electrons. The summed E-state index contributed by atoms with van der Waals surface area (Å²) in [6, 6.07) is 10.1. The number of carbonyl (C=O) groups excluding carboxylic acids is 2. The summed E-state index contributed by atoms with van der Waals surface area (Å²) < 4.78 is 7.63. The minimum atomic E-state index is -0.412. The fourth-order valence-electron chi connectivity index (χ4n) is 4.06. The van der Waals surface area contributed by atoms with Gasteiger partial charge in [0.25, 0.3) is 0 Å². The Morgan fingerprint density at radius 1 is 1.13 bits per heavy atom. The summed E-state index contributed by atoms with van der Waals surface area (Å²) >= 11 is 0. The third kappa shape index (κ3) is 6.20. The summed E-state index contributed by atoms with van der Waals surface area (Å²) in [5, 5.41) is 6.99. The van der Waals surface area contributed by atoms with Crippen molar-refractivity contribution in [3.05, 3.63) is 47.3 Å². The first kappa shape index (κ1) is 22.6. The highest BCUT2D eigenvalue weighted by atomic mass is 16.5. The smallest absolute Gasteiger partial charge is 0.249 e. The van der Waals surface area contributed by atoms with Crippen molar-refractivity contribution in [2.24, 2.45) is 5.10 Å². The third-order valence-corrected chi connectivity index (χ3v) is 5.56. The molecule has 2 N–H and O–H groups in total. The van der Waals surface area contributed by atoms with Crippen LogP contribution in [0, 0.1) is 13.8 Å². The lowest BCUT2D eigenvalue weighted by Crippen LogP contribution is -2.38. The highest BCUT2D eigenvalue weighted by molar-refractivity contribution is 5.97. The Morgan fingerprint density at radius 2 is 1.84 bits per heavy atom. The number of carbonyl (C=O) groups is 2. The molecule has 31 heavy (non-hydrogen) atoms. The summed E-state index contributed by atoms with van der Waals surface area (Å²) in [6.07, 6.45) is 6.89. The average molecular weight is 425 g/mol. The number of nitrogens with zero attached hydrogens (tertiary/aromatic N) is 2. The lowest BCUT2D eigenvalue weighted by atomic mass is 9.95. The van der Waals surface area contributed by atoms with Crippen molar-refractivity contribution < 1.29 is 14.3 Å². The van der Waals surface area contributed by atoms with Crippen molar-refractivity contribution in [3.63, 3.8) is 0 Å². The molecule has 0 radical (unpaired) electrons. The molecular formula is C24H32N4O3. The SMILES string of the molecule is CCOc1ccc(-n2c(C)cc(/C=N/NC(=O)CC(=O)NC3CCCCC3)c2C)cc1. The first-order valence-corrected chi connectivity index (χ1v) is 11.0. The van der Waals surface area contributed by atoms with Crippen LogP contribution >= 0.6 is 0 Å². The van der Waals surface area contributed by atoms with Gasteiger partial charge in [0.1, 0.15) is 12.2 Å². The lowest BCUT2D eigenvalue weighted by Gasteiger charge is -2.22. The van der Waals surface area contributed by atoms with Crippen LogP contribution in [-0.2, 0) is 9.59 Å². The van der Waals surface area contributed by atoms with Gasteiger partial charge in [-0.3, -0.25) is 9.59 Å². The van der Waals surface area contributed by atoms with Crippen molar-refractivity contribution >= 4 is 18.0 Å². The minimum Gasteiger partial charge on any atom is -0.494 e. The highest BCUT2D eigenvalue weighted by Crippen LogP contribution is 2.22. The zero-order valence-corrected chi connectivity index (χ0v) is 18.6. The molecule has 0 atom stereocenters. The number of hydrazone groups is 1. The van der Waals surface area contributed by atoms with Gasteiger partial charge in [-0.15, -0.1) is 0 Å². The second-order valence-electron chi connectivity index (χ2n) is 7.96. The van der Waals surface area contributed by atoms with E-state index in [1.807, 2.05) is 51.1 Å². The van der Waals surface area contributed by atoms with E-state index < -0.39 is 5.91 Å². The molecule has 1 aromatic carbocycles. The van der Waals surface area contributed by atoms with Crippen LogP contribution < -0.4 is 15.5 Å². The standard InChI is InChI=1S/C24H32N4O3/c1-4-31-22-12-10-21(11-13-22)28-17(2)14-19(18(28)3)16-25-27-24(30)15-23(29)26-20-8-6-5-7-9-20/h10-14,16,20H,4-9,15H2,1-3H3,(H,26,29)(H,27,30)/b25-16+. The Balaban J connectivity index is 1.56. The molecule has 1 aromatic heterocycles. The van der Waals surface area contributed by atoms with Gasteiger partial charge in [-0.05, 0) is 63.9 Å². The summed E-state index contributed by atoms with van der Waals surface area (Å²) in [7, 11) is 0. The van der Waals surface area contributed by atoms with Crippen molar-refractivity contribution in [1.82, 2.24) is 15.3 Å². The fourth-order valence-corrected chi connectivity index (χ4v) is 4.06. The van der Waals surface area contributed by atoms with Crippen LogP contribution in [0.5, 0.6) is 5.75 Å². The van der Waals surface area contributed by atoms with Gasteiger partial charge in [0.15, 0.2) is 0 Å². The summed E-state index contributed by atoms with van der Waals surface area (Å²) in [5.41, 5.74) is 6.46. The first-order valence-electron chi connectivity index (χ1n) is 11.0. The maximum Gasteiger partial charge on any atom is 0.249 e. The number of rotatable bonds is 8. The molecule has 7 nitrogen and oxygen atoms in total. The van der Waals surface area contributed by atoms with Crippen LogP contribution in [0.4, 0.5) is 0 Å². The van der Waals surface area contributed by atoms with Crippen molar-refractivity contribution in [3.8, 4) is 11.4 Å². The monoisotopic (exact) mass is 424 g/mol. The molecule has 1 fully saturated rings. The van der Waals surface area contributed by atoms with E-state index in [4.69, 9.17) is 4.74 Å². The van der Waals surface area contributed by atoms with Gasteiger partial charge in [0.05, 0.1) is 12.8 Å². The van der Waals surface area contributed by atoms with Crippen LogP contribution in [0.3, 0.4) is 0 Å². The molecule has 2 amide bonds. The predicted octanol–water partition coefficient (Wildman–Crippen LogP) is 3.78. The second-order valence-corrected chi connectivity index (χ2v) is 7.96. The molecule has 0 unspecified atom stereocenters. The molecule has 1 heterocycles. The van der Waals surface area contributed by atoms with Crippen molar-refractivity contribution in [2.75, 3.05) is 6.61 Å². The zero-order valence-electron chi connectivity index (χ0n) is 18.6. The molecule has 7 heteroatoms. The molecule has 1 aliphatic rings. The van der Waals surface area contributed by atoms with Crippen LogP contribution in [0.25, 0.3) is 5.69 Å². The van der Waals surface area contributed by atoms with Gasteiger partial charge in [-0.2, -0.15) is 5.10 Å². The topological polar surface area (TPSA) is 84.7 Å². The first-order chi connectivity index (χ1) is 15.0. The Hall–Kier alpha value is -3.09. The number of hydrogen-bond donors (Lipinski definition) is 2. The number of benzene rings is 1. The van der Waals surface area contributed by atoms with Crippen molar-refractivity contribution in [2.45, 2.75) is 65.3 Å². The van der Waals surface area contributed by atoms with Crippen LogP contribution in [0.15, 0.2) is 35.4 Å². The van der Waals surface area contributed by atoms with Gasteiger partial charge in [0.2, 0.25) is 11.8 Å². The maximum absolute atomic E-state index is 12.0. The summed E-state index contributed by atoms with van der Waals surface area (Å²) in [4.78, 5) is 24.1. The summed E-state index contributed by atoms with van der Waals surface area (Å²) in [5.74, 6) is 0.184. The maximum atomic E-state index is 12.0. The lowest BCUT2D eigenvalue weighted by molar-refractivity contribution is -0.129. The number of hydrogen-bond acceptors (Lipinski definition) is 4. The largest absolute Gasteiger partial charge is 0.494 e. The van der Waals surface area contributed by atoms with Gasteiger partial charge in [-0.25, -0.2) is 5.43 Å². The van der Waals surface area contributed by atoms with Crippen LogP contribution in [0.2, 0.25) is 0 Å². The number of amides is 2. The normalized spacial score (nSPS) is 14.5. The molecule has 0 bridgehead atoms. The number of ether oxygens (including phenoxy) is 1. The molecule has 1 aliphatic carbocycles. The predicted molar refractivity (Wildman–Crippen MR) is 122 cm³/mol. The summed E-state index contributed by atoms with van der Waals surface area (Å²) in [6.45, 7) is 6.62. The van der Waals surface area contributed by atoms with E-state index in [0.29, 0.717) is 6.61 Å².